The summed E-state index contributed by atoms with van der Waals surface area (Å²) in [6.07, 6.45) is 38.0. The minimum absolute atomic E-state index is 1.16. The van der Waals surface area contributed by atoms with Gasteiger partial charge in [0.15, 0.2) is 0 Å². The van der Waals surface area contributed by atoms with Gasteiger partial charge in [-0.25, -0.2) is 0 Å². The summed E-state index contributed by atoms with van der Waals surface area (Å²) in [6.45, 7) is 14.2. The third-order valence-corrected chi connectivity index (χ3v) is 19.4. The summed E-state index contributed by atoms with van der Waals surface area (Å²) in [7, 11) is 0. The van der Waals surface area contributed by atoms with Crippen molar-refractivity contribution in [2.45, 2.75) is 234 Å². The molecule has 3 nitrogen and oxygen atoms in total. The van der Waals surface area contributed by atoms with Crippen LogP contribution in [0.25, 0.3) is 114 Å². The van der Waals surface area contributed by atoms with Crippen LogP contribution in [0.1, 0.15) is 229 Å². The van der Waals surface area contributed by atoms with E-state index < -0.39 is 0 Å². The van der Waals surface area contributed by atoms with E-state index in [1.165, 1.54) is 255 Å². The zero-order chi connectivity index (χ0) is 50.9. The van der Waals surface area contributed by atoms with Crippen LogP contribution in [0.3, 0.4) is 0 Å². The number of fused-ring (bicyclic) bond motifs is 6. The van der Waals surface area contributed by atoms with Crippen LogP contribution in [0, 0.1) is 0 Å². The largest absolute Gasteiger partial charge is 0.308 e. The number of unbranched alkanes of at least 4 members (excludes halogenated alkanes) is 18. The average Bonchev–Trinajstić information content (AvgIpc) is 4.31. The molecule has 0 saturated heterocycles. The summed E-state index contributed by atoms with van der Waals surface area (Å²) in [4.78, 5) is 0. The Morgan fingerprint density at radius 3 is 0.733 bits per heavy atom. The fraction of sp³-hybridized carbons (Fsp3) is 0.500. The van der Waals surface area contributed by atoms with Gasteiger partial charge in [-0.1, -0.05) is 157 Å². The van der Waals surface area contributed by atoms with Crippen LogP contribution in [0.15, 0.2) is 54.6 Å². The fourth-order valence-corrected chi connectivity index (χ4v) is 15.9. The molecule has 9 heterocycles. The van der Waals surface area contributed by atoms with Crippen LogP contribution in [0.5, 0.6) is 0 Å². The summed E-state index contributed by atoms with van der Waals surface area (Å²) >= 11 is 0. The van der Waals surface area contributed by atoms with Crippen LogP contribution >= 0.6 is 0 Å². The molecule has 75 heavy (non-hydrogen) atoms. The summed E-state index contributed by atoms with van der Waals surface area (Å²) < 4.78 is 8.59. The molecule has 0 fully saturated rings. The van der Waals surface area contributed by atoms with E-state index in [0.717, 1.165) is 19.3 Å². The van der Waals surface area contributed by atoms with Crippen molar-refractivity contribution in [1.82, 2.24) is 13.2 Å². The maximum Gasteiger partial charge on any atom is 0.0662 e. The molecule has 0 unspecified atom stereocenters. The average molecular weight is 995 g/mol. The van der Waals surface area contributed by atoms with Gasteiger partial charge in [0.25, 0.3) is 0 Å². The Kier molecular flexibility index (Phi) is 13.5. The lowest BCUT2D eigenvalue weighted by Gasteiger charge is -2.30. The van der Waals surface area contributed by atoms with Crippen molar-refractivity contribution in [2.24, 2.45) is 0 Å². The molecule has 0 radical (unpaired) electrons. The van der Waals surface area contributed by atoms with Gasteiger partial charge in [-0.15, -0.1) is 0 Å². The van der Waals surface area contributed by atoms with E-state index >= 15 is 0 Å². The second kappa shape index (κ2) is 20.6. The molecular weight excluding hydrogens is 907 g/mol. The van der Waals surface area contributed by atoms with Gasteiger partial charge in [-0.3, -0.25) is 0 Å². The SMILES string of the molecule is CCCCCCc1cc2c3c(c1CCCCCC)c1ccc4c5cc(CCCCCC)c(CCCCCC)c6c5c5c(c3c3c7c8c(cc(CCCCCC)c(CCCCCC)c8c8ccc2n83)c2ccc6n2c57)n41. The van der Waals surface area contributed by atoms with E-state index in [1.807, 2.05) is 0 Å². The highest BCUT2D eigenvalue weighted by Gasteiger charge is 2.35. The zero-order valence-electron chi connectivity index (χ0n) is 47.3. The van der Waals surface area contributed by atoms with Crippen molar-refractivity contribution in [1.29, 1.82) is 0 Å². The Morgan fingerprint density at radius 2 is 0.480 bits per heavy atom. The minimum atomic E-state index is 1.16. The van der Waals surface area contributed by atoms with Crippen LogP contribution in [0.4, 0.5) is 0 Å². The molecule has 390 valence electrons. The van der Waals surface area contributed by atoms with E-state index in [4.69, 9.17) is 0 Å². The Hall–Kier alpha value is -5.28. The van der Waals surface area contributed by atoms with E-state index in [9.17, 15) is 0 Å². The predicted octanol–water partition coefficient (Wildman–Crippen LogP) is 22.2. The van der Waals surface area contributed by atoms with E-state index in [-0.39, 0.29) is 0 Å². The highest BCUT2D eigenvalue weighted by molar-refractivity contribution is 6.48. The molecule has 0 N–H and O–H groups in total. The number of aryl methyl sites for hydroxylation is 6. The van der Waals surface area contributed by atoms with Gasteiger partial charge in [0.2, 0.25) is 0 Å². The van der Waals surface area contributed by atoms with Gasteiger partial charge in [0.1, 0.15) is 0 Å². The molecule has 0 aliphatic rings. The molecule has 13 aromatic rings. The molecule has 0 amide bonds. The van der Waals surface area contributed by atoms with Crippen LogP contribution in [0.2, 0.25) is 0 Å². The van der Waals surface area contributed by atoms with E-state index in [1.54, 1.807) is 65.7 Å². The molecule has 4 aromatic carbocycles. The lowest BCUT2D eigenvalue weighted by Crippen LogP contribution is -2.11. The van der Waals surface area contributed by atoms with Gasteiger partial charge in [-0.2, -0.15) is 0 Å². The number of nitrogens with zero attached hydrogens (tertiary/aromatic N) is 3. The molecule has 0 saturated carbocycles. The van der Waals surface area contributed by atoms with Crippen molar-refractivity contribution in [3.63, 3.8) is 0 Å². The van der Waals surface area contributed by atoms with Crippen molar-refractivity contribution in [3.05, 3.63) is 88.0 Å². The van der Waals surface area contributed by atoms with Gasteiger partial charge < -0.3 is 13.2 Å². The predicted molar refractivity (Wildman–Crippen MR) is 331 cm³/mol. The molecule has 0 atom stereocenters. The third kappa shape index (κ3) is 7.52. The molecule has 9 aromatic heterocycles. The molecule has 0 bridgehead atoms. The van der Waals surface area contributed by atoms with Crippen molar-refractivity contribution in [3.8, 4) is 0 Å². The van der Waals surface area contributed by atoms with E-state index in [0.29, 0.717) is 0 Å². The first-order valence-corrected chi connectivity index (χ1v) is 31.6. The second-order valence-electron chi connectivity index (χ2n) is 24.3. The standard InChI is InChI=1S/C72H87N3/c1-7-13-19-25-31-46-43-52-55-37-41-59-62-50(35-29-23-17-11-5)48(33-27-21-15-9-3)45-54-57-39-42-60-63-51(36-30-24-18-12-6)47(32-26-20-14-8-2)44-53-56-38-40-58-61(49(46)34-28-22-16-10-4)64(52)67-70(73(55)59)68(66(54)62)72(75(57)60)69(65(53)63)71(67)74(56)58/h37-45H,7-36H2,1-6H3. The number of aromatic nitrogens is 3. The van der Waals surface area contributed by atoms with Crippen molar-refractivity contribution in [2.75, 3.05) is 0 Å². The lowest BCUT2D eigenvalue weighted by atomic mass is 9.82. The van der Waals surface area contributed by atoms with Gasteiger partial charge in [-0.05, 0) is 165 Å². The minimum Gasteiger partial charge on any atom is -0.308 e. The molecule has 3 heteroatoms. The lowest BCUT2D eigenvalue weighted by molar-refractivity contribution is 0.652. The normalized spacial score (nSPS) is 13.2. The Balaban J connectivity index is 1.25. The fourth-order valence-electron chi connectivity index (χ4n) is 15.9. The molecular formula is C72H87N3. The second-order valence-corrected chi connectivity index (χ2v) is 24.3. The highest BCUT2D eigenvalue weighted by atomic mass is 15.0. The Labute approximate surface area is 447 Å². The monoisotopic (exact) mass is 994 g/mol. The van der Waals surface area contributed by atoms with E-state index in [2.05, 4.69) is 109 Å². The maximum atomic E-state index is 2.86. The summed E-state index contributed by atoms with van der Waals surface area (Å²) in [5.74, 6) is 0. The quantitative estimate of drug-likeness (QED) is 0.0242. The van der Waals surface area contributed by atoms with Gasteiger partial charge in [0.05, 0.1) is 49.7 Å². The first-order chi connectivity index (χ1) is 37.1. The van der Waals surface area contributed by atoms with Crippen LogP contribution in [-0.4, -0.2) is 13.2 Å². The number of rotatable bonds is 30. The highest BCUT2D eigenvalue weighted by Crippen LogP contribution is 2.57. The smallest absolute Gasteiger partial charge is 0.0662 e. The zero-order valence-corrected chi connectivity index (χ0v) is 47.3. The number of pyridine rings is 6. The van der Waals surface area contributed by atoms with Gasteiger partial charge >= 0.3 is 0 Å². The Bertz CT molecular complexity index is 3590. The topological polar surface area (TPSA) is 13.2 Å². The molecule has 0 spiro atoms. The first-order valence-electron chi connectivity index (χ1n) is 31.6. The van der Waals surface area contributed by atoms with Crippen molar-refractivity contribution < 1.29 is 0 Å². The molecule has 13 rings (SSSR count). The first kappa shape index (κ1) is 49.3. The van der Waals surface area contributed by atoms with Crippen LogP contribution < -0.4 is 0 Å². The number of hydrogen-bond donors (Lipinski definition) is 0. The summed E-state index contributed by atoms with van der Waals surface area (Å²) in [5.41, 5.74) is 22.9. The maximum absolute atomic E-state index is 2.86. The Morgan fingerprint density at radius 1 is 0.240 bits per heavy atom. The molecule has 0 aliphatic carbocycles. The number of benzene rings is 4. The summed E-state index contributed by atoms with van der Waals surface area (Å²) in [5, 5.41) is 18.4. The third-order valence-electron chi connectivity index (χ3n) is 19.4. The number of hydrogen-bond acceptors (Lipinski definition) is 0. The van der Waals surface area contributed by atoms with Crippen LogP contribution in [-0.2, 0) is 38.5 Å². The summed E-state index contributed by atoms with van der Waals surface area (Å²) in [6, 6.07) is 23.8. The van der Waals surface area contributed by atoms with Crippen molar-refractivity contribution >= 4 is 114 Å². The molecule has 0 aliphatic heterocycles. The van der Waals surface area contributed by atoms with Gasteiger partial charge in [0, 0.05) is 64.6 Å².